The number of halogens is 3. The van der Waals surface area contributed by atoms with E-state index in [0.717, 1.165) is 10.9 Å². The number of aliphatic imine (C=N–C) groups is 2. The van der Waals surface area contributed by atoms with Gasteiger partial charge in [0.15, 0.2) is 72.0 Å². The van der Waals surface area contributed by atoms with Gasteiger partial charge in [-0.05, 0) is 47.2 Å². The third-order valence-electron chi connectivity index (χ3n) is 14.6. The number of H-pyrrole nitrogens is 2. The first-order valence-electron chi connectivity index (χ1n) is 25.9. The number of hydrogen-bond acceptors (Lipinski definition) is 32. The molecule has 6 fully saturated rings. The van der Waals surface area contributed by atoms with Gasteiger partial charge < -0.3 is 93.5 Å². The maximum absolute atomic E-state index is 16.0. The molecule has 0 aromatic carbocycles. The summed E-state index contributed by atoms with van der Waals surface area (Å²) in [5.74, 6) is 0.104. The van der Waals surface area contributed by atoms with Crippen molar-refractivity contribution in [1.82, 2.24) is 58.1 Å². The lowest BCUT2D eigenvalue weighted by atomic mass is 10.1. The van der Waals surface area contributed by atoms with Gasteiger partial charge in [0.1, 0.15) is 72.0 Å². The van der Waals surface area contributed by atoms with Gasteiger partial charge in [0.2, 0.25) is 11.9 Å². The van der Waals surface area contributed by atoms with Gasteiger partial charge >= 0.3 is 26.9 Å². The van der Waals surface area contributed by atoms with Crippen molar-refractivity contribution in [3.63, 3.8) is 0 Å². The van der Waals surface area contributed by atoms with Crippen LogP contribution in [0, 0.1) is 0 Å². The summed E-state index contributed by atoms with van der Waals surface area (Å²) >= 11 is 20.7. The summed E-state index contributed by atoms with van der Waals surface area (Å²) in [5, 5.41) is 25.9. The maximum Gasteiger partial charge on any atom is 0.325 e. The Labute approximate surface area is 513 Å². The second-order valence-corrected chi connectivity index (χ2v) is 31.4. The monoisotopic (exact) mass is 1410 g/mol. The minimum absolute atomic E-state index is 0.0503. The quantitative estimate of drug-likeness (QED) is 0.0998. The summed E-state index contributed by atoms with van der Waals surface area (Å²) in [6.07, 6.45) is -17.2. The predicted molar refractivity (Wildman–Crippen MR) is 308 cm³/mol. The molecule has 6 aromatic rings. The fourth-order valence-corrected chi connectivity index (χ4v) is 16.4. The summed E-state index contributed by atoms with van der Waals surface area (Å²) in [5.41, 5.74) is 10.0. The van der Waals surface area contributed by atoms with Gasteiger partial charge in [-0.1, -0.05) is 0 Å². The summed E-state index contributed by atoms with van der Waals surface area (Å²) in [6, 6.07) is 0. The van der Waals surface area contributed by atoms with Crippen LogP contribution in [0.4, 0.5) is 36.7 Å². The van der Waals surface area contributed by atoms with Crippen molar-refractivity contribution >= 4 is 133 Å². The van der Waals surface area contributed by atoms with Crippen molar-refractivity contribution in [2.45, 2.75) is 111 Å². The van der Waals surface area contributed by atoms with E-state index in [9.17, 15) is 39.4 Å². The van der Waals surface area contributed by atoms with Gasteiger partial charge in [0, 0.05) is 6.42 Å². The van der Waals surface area contributed by atoms with Gasteiger partial charge in [-0.25, -0.2) is 43.1 Å². The number of aliphatic hydroxyl groups excluding tert-OH is 2. The largest absolute Gasteiger partial charge is 0.369 e. The minimum Gasteiger partial charge on any atom is -0.369 e. The number of alkyl halides is 3. The molecule has 14 rings (SSSR count). The average Bonchev–Trinajstić information content (AvgIpc) is 1.69. The Morgan fingerprint density at radius 3 is 1.44 bits per heavy atom. The third-order valence-corrected chi connectivity index (χ3v) is 20.9. The molecule has 14 heterocycles. The van der Waals surface area contributed by atoms with Crippen LogP contribution in [0.25, 0.3) is 22.3 Å². The number of nitrogens with one attached hydrogen (secondary N) is 4. The second kappa shape index (κ2) is 24.0. The zero-order chi connectivity index (χ0) is 62.8. The molecule has 4 bridgehead atoms. The SMILES string of the molecule is Nc1nc2c(ncn2[C@@H]2O[C@@H]3COP(O)(=S)O[C@H]4C[C@H](n5cnc6c5NC=NC6O)O[C@@H]4COP(O)(=S)O[C@@H]2[C@@H]3F)c(=O)[nH]1.Nc1nc2c(ncn2[C@@H]2O[C@@H]3COP(O)(=S)O[C@H]4[C@@H](F)[C@H](n5cnc6c5NC=NC6O)O[C@@H]4COP(O)(=S)O[C@@H]2[C@@H]3F)c(=O)[nH]1. The van der Waals surface area contributed by atoms with Gasteiger partial charge in [-0.3, -0.25) is 51.4 Å². The van der Waals surface area contributed by atoms with Crippen LogP contribution in [-0.2, 0) is 102 Å². The van der Waals surface area contributed by atoms with Crippen LogP contribution >= 0.6 is 26.9 Å². The van der Waals surface area contributed by atoms with E-state index >= 15 is 13.2 Å². The molecule has 14 N–H and O–H groups in total. The molecule has 6 unspecified atom stereocenters. The van der Waals surface area contributed by atoms with Crippen LogP contribution in [-0.4, -0.2) is 194 Å². The number of hydrogen-bond donors (Lipinski definition) is 12. The minimum atomic E-state index is -4.36. The first-order valence-corrected chi connectivity index (χ1v) is 36.2. The molecule has 6 saturated heterocycles. The molecular formula is C40H47F3N18O20P4S4. The number of imidazole rings is 4. The molecule has 0 saturated carbocycles. The predicted octanol–water partition coefficient (Wildman–Crippen LogP) is -0.418. The van der Waals surface area contributed by atoms with E-state index in [1.807, 2.05) is 0 Å². The van der Waals surface area contributed by atoms with Crippen LogP contribution in [0.3, 0.4) is 0 Å². The number of nitrogens with zero attached hydrogens (tertiary/aromatic N) is 12. The van der Waals surface area contributed by atoms with Crippen LogP contribution in [0.5, 0.6) is 0 Å². The Kier molecular flexibility index (Phi) is 17.0. The van der Waals surface area contributed by atoms with Gasteiger partial charge in [0.25, 0.3) is 11.1 Å². The van der Waals surface area contributed by atoms with Crippen molar-refractivity contribution in [3.8, 4) is 0 Å². The van der Waals surface area contributed by atoms with E-state index in [-0.39, 0.29) is 57.9 Å². The first-order chi connectivity index (χ1) is 42.2. The smallest absolute Gasteiger partial charge is 0.325 e. The summed E-state index contributed by atoms with van der Waals surface area (Å²) in [7, 11) is 0. The number of fused-ring (bicyclic) bond motifs is 10. The fraction of sp³-hybridized carbons (Fsp3) is 0.550. The van der Waals surface area contributed by atoms with E-state index in [2.05, 4.69) is 60.5 Å². The normalized spacial score (nSPS) is 39.7. The van der Waals surface area contributed by atoms with Crippen LogP contribution in [0.2, 0.25) is 0 Å². The van der Waals surface area contributed by atoms with Gasteiger partial charge in [-0.15, -0.1) is 0 Å². The molecule has 38 nitrogen and oxygen atoms in total. The van der Waals surface area contributed by atoms with Crippen molar-refractivity contribution in [3.05, 3.63) is 57.4 Å². The van der Waals surface area contributed by atoms with E-state index < -0.39 is 169 Å². The second-order valence-electron chi connectivity index (χ2n) is 20.2. The number of aromatic amines is 2. The molecule has 21 atom stereocenters. The Balaban J connectivity index is 0.000000164. The van der Waals surface area contributed by atoms with Crippen molar-refractivity contribution in [2.24, 2.45) is 9.98 Å². The van der Waals surface area contributed by atoms with E-state index in [1.54, 1.807) is 4.57 Å². The molecule has 8 aliphatic rings. The van der Waals surface area contributed by atoms with E-state index in [0.29, 0.717) is 5.82 Å². The van der Waals surface area contributed by atoms with Crippen LogP contribution in [0.1, 0.15) is 55.2 Å². The highest BCUT2D eigenvalue weighted by Gasteiger charge is 2.55. The Hall–Kier alpha value is -4.67. The average molecular weight is 1410 g/mol. The molecular weight excluding hydrogens is 1360 g/mol. The molecule has 482 valence electrons. The summed E-state index contributed by atoms with van der Waals surface area (Å²) in [4.78, 5) is 105. The van der Waals surface area contributed by atoms with Gasteiger partial charge in [-0.2, -0.15) is 9.97 Å². The fourth-order valence-electron chi connectivity index (χ4n) is 10.6. The van der Waals surface area contributed by atoms with Crippen LogP contribution < -0.4 is 33.2 Å². The highest BCUT2D eigenvalue weighted by Crippen LogP contribution is 2.57. The number of nitrogens with two attached hydrogens (primary N) is 2. The molecule has 89 heavy (non-hydrogen) atoms. The molecule has 6 aromatic heterocycles. The number of rotatable bonds is 4. The molecule has 0 aliphatic carbocycles. The summed E-state index contributed by atoms with van der Waals surface area (Å²) in [6.45, 7) is -19.3. The Morgan fingerprint density at radius 2 is 0.933 bits per heavy atom. The lowest BCUT2D eigenvalue weighted by molar-refractivity contribution is -0.0601. The van der Waals surface area contributed by atoms with Crippen molar-refractivity contribution < 1.29 is 98.1 Å². The molecule has 0 radical (unpaired) electrons. The van der Waals surface area contributed by atoms with Crippen LogP contribution in [0.15, 0.2) is 44.9 Å². The highest BCUT2D eigenvalue weighted by molar-refractivity contribution is 8.08. The molecule has 49 heteroatoms. The lowest BCUT2D eigenvalue weighted by Gasteiger charge is -2.27. The van der Waals surface area contributed by atoms with Gasteiger partial charge in [0.05, 0.1) is 70.5 Å². The van der Waals surface area contributed by atoms with E-state index in [1.165, 1.54) is 40.8 Å². The standard InChI is InChI=1S/C20H23F2N9O10P2S2.C20H24FN9O10P2S2/c21-8-6-1-36-42(34,44)40-12-7(39-18(9(12)22)30-4-26-10-14(30)24-3-25-16(10)32)2-37-43(35,45)41-13(8)19(38-6)31-5-27-11-15(31)28-20(23)29-17(11)33;21-11-9-3-36-41(33,43)39-7-1-10(29-5-25-12-15(29)23-4-24-17(12)31)37-8(7)2-35-42(34,44)40-14(11)19(38-9)30-6-26-13-16(30)27-20(22)28-18(13)32/h3-9,12-13,16,18-19,32H,1-2H2,(H,24,25)(H,34,44)(H,35,45)(H3,23,28,29,33);4-11,14,17,19,31H,1-3H2,(H,23,24)(H,33,43)(H,34,44)(H3,22,27,28,32)/t6-,7-,8-,9-,12-,13-,16?,18-,19-,42?,43?;7-,8+,9+,10+,11+,14+,17?,19+,41?,42?/m10/s1. The third kappa shape index (κ3) is 12.3. The van der Waals surface area contributed by atoms with E-state index in [4.69, 9.17) is 114 Å². The molecule has 0 amide bonds. The Bertz CT molecular complexity index is 4130. The number of ether oxygens (including phenoxy) is 4. The van der Waals surface area contributed by atoms with Crippen molar-refractivity contribution in [2.75, 3.05) is 48.5 Å². The highest BCUT2D eigenvalue weighted by atomic mass is 32.5. The number of anilines is 4. The number of aromatic nitrogens is 12. The first kappa shape index (κ1) is 63.1. The maximum atomic E-state index is 16.0. The zero-order valence-corrected chi connectivity index (χ0v) is 51.1. The number of aliphatic hydroxyl groups is 2. The van der Waals surface area contributed by atoms with Crippen molar-refractivity contribution in [1.29, 1.82) is 0 Å². The lowest BCUT2D eigenvalue weighted by Crippen LogP contribution is -2.34. The zero-order valence-electron chi connectivity index (χ0n) is 44.3. The molecule has 8 aliphatic heterocycles. The molecule has 0 spiro atoms. The summed E-state index contributed by atoms with van der Waals surface area (Å²) < 4.78 is 121. The number of nitrogen functional groups attached to an aromatic ring is 2. The Morgan fingerprint density at radius 1 is 0.517 bits per heavy atom. The topological polar surface area (TPSA) is 496 Å².